The van der Waals surface area contributed by atoms with Gasteiger partial charge < -0.3 is 10.4 Å². The van der Waals surface area contributed by atoms with Crippen molar-refractivity contribution in [3.63, 3.8) is 0 Å². The summed E-state index contributed by atoms with van der Waals surface area (Å²) in [6, 6.07) is 7.54. The van der Waals surface area contributed by atoms with Crippen LogP contribution in [0.5, 0.6) is 0 Å². The van der Waals surface area contributed by atoms with Gasteiger partial charge in [-0.2, -0.15) is 0 Å². The van der Waals surface area contributed by atoms with Crippen LogP contribution in [0, 0.1) is 6.92 Å². The van der Waals surface area contributed by atoms with Gasteiger partial charge in [0.2, 0.25) is 5.91 Å². The maximum Gasteiger partial charge on any atom is 0.238 e. The van der Waals surface area contributed by atoms with Gasteiger partial charge in [-0.25, -0.2) is 0 Å². The summed E-state index contributed by atoms with van der Waals surface area (Å²) in [5.41, 5.74) is 1.90. The Morgan fingerprint density at radius 1 is 1.61 bits per heavy atom. The molecule has 0 spiro atoms. The Morgan fingerprint density at radius 2 is 2.39 bits per heavy atom. The van der Waals surface area contributed by atoms with Gasteiger partial charge in [0.1, 0.15) is 0 Å². The van der Waals surface area contributed by atoms with Gasteiger partial charge in [0.15, 0.2) is 0 Å². The molecule has 1 fully saturated rings. The first-order chi connectivity index (χ1) is 8.68. The lowest BCUT2D eigenvalue weighted by atomic mass is 10.0. The largest absolute Gasteiger partial charge is 0.387 e. The SMILES string of the molecule is Cc1ccccc1C(O)CNC(=O)C1CSCN1. The first kappa shape index (κ1) is 13.4. The minimum absolute atomic E-state index is 0.0346. The van der Waals surface area contributed by atoms with Gasteiger partial charge >= 0.3 is 0 Å². The Balaban J connectivity index is 1.86. The molecule has 2 rings (SSSR count). The summed E-state index contributed by atoms with van der Waals surface area (Å²) < 4.78 is 0. The zero-order chi connectivity index (χ0) is 13.0. The summed E-state index contributed by atoms with van der Waals surface area (Å²) in [5, 5.41) is 15.9. The van der Waals surface area contributed by atoms with E-state index in [1.807, 2.05) is 31.2 Å². The molecule has 0 aliphatic carbocycles. The van der Waals surface area contributed by atoms with E-state index in [0.717, 1.165) is 22.8 Å². The average molecular weight is 266 g/mol. The molecule has 0 aromatic heterocycles. The number of thioether (sulfide) groups is 1. The summed E-state index contributed by atoms with van der Waals surface area (Å²) in [6.07, 6.45) is -0.649. The van der Waals surface area contributed by atoms with Crippen molar-refractivity contribution in [3.05, 3.63) is 35.4 Å². The molecule has 0 saturated carbocycles. The molecule has 5 heteroatoms. The van der Waals surface area contributed by atoms with Gasteiger partial charge in [0.05, 0.1) is 12.1 Å². The number of aryl methyl sites for hydroxylation is 1. The Morgan fingerprint density at radius 3 is 3.06 bits per heavy atom. The lowest BCUT2D eigenvalue weighted by Crippen LogP contribution is -2.43. The molecule has 18 heavy (non-hydrogen) atoms. The smallest absolute Gasteiger partial charge is 0.238 e. The number of carbonyl (C=O) groups is 1. The van der Waals surface area contributed by atoms with Gasteiger partial charge in [0.25, 0.3) is 0 Å². The summed E-state index contributed by atoms with van der Waals surface area (Å²) >= 11 is 1.71. The molecule has 1 aliphatic rings. The predicted molar refractivity (Wildman–Crippen MR) is 73.4 cm³/mol. The number of rotatable bonds is 4. The van der Waals surface area contributed by atoms with E-state index < -0.39 is 6.10 Å². The molecule has 3 N–H and O–H groups in total. The Bertz CT molecular complexity index is 419. The topological polar surface area (TPSA) is 61.4 Å². The monoisotopic (exact) mass is 266 g/mol. The normalized spacial score (nSPS) is 20.7. The number of carbonyl (C=O) groups excluding carboxylic acids is 1. The molecule has 2 unspecified atom stereocenters. The van der Waals surface area contributed by atoms with E-state index >= 15 is 0 Å². The van der Waals surface area contributed by atoms with Gasteiger partial charge in [-0.15, -0.1) is 11.8 Å². The molecule has 1 aromatic rings. The highest BCUT2D eigenvalue weighted by atomic mass is 32.2. The minimum Gasteiger partial charge on any atom is -0.387 e. The summed E-state index contributed by atoms with van der Waals surface area (Å²) in [4.78, 5) is 11.8. The number of aliphatic hydroxyl groups excluding tert-OH is 1. The van der Waals surface area contributed by atoms with Gasteiger partial charge in [0, 0.05) is 18.2 Å². The molecule has 1 aromatic carbocycles. The van der Waals surface area contributed by atoms with Crippen LogP contribution in [0.15, 0.2) is 24.3 Å². The first-order valence-corrected chi connectivity index (χ1v) is 7.16. The molecule has 98 valence electrons. The lowest BCUT2D eigenvalue weighted by molar-refractivity contribution is -0.122. The molecular formula is C13H18N2O2S. The van der Waals surface area contributed by atoms with Gasteiger partial charge in [-0.1, -0.05) is 24.3 Å². The number of amides is 1. The van der Waals surface area contributed by atoms with E-state index in [1.165, 1.54) is 0 Å². The third-order valence-corrected chi connectivity index (χ3v) is 3.99. The van der Waals surface area contributed by atoms with Crippen molar-refractivity contribution in [2.24, 2.45) is 0 Å². The van der Waals surface area contributed by atoms with E-state index in [-0.39, 0.29) is 18.5 Å². The fourth-order valence-electron chi connectivity index (χ4n) is 1.95. The number of hydrogen-bond acceptors (Lipinski definition) is 4. The van der Waals surface area contributed by atoms with Crippen molar-refractivity contribution in [2.45, 2.75) is 19.1 Å². The Kier molecular flexibility index (Phi) is 4.63. The van der Waals surface area contributed by atoms with Crippen LogP contribution < -0.4 is 10.6 Å². The fraction of sp³-hybridized carbons (Fsp3) is 0.462. The van der Waals surface area contributed by atoms with Crippen LogP contribution in [0.3, 0.4) is 0 Å². The summed E-state index contributed by atoms with van der Waals surface area (Å²) in [7, 11) is 0. The van der Waals surface area contributed by atoms with Crippen molar-refractivity contribution >= 4 is 17.7 Å². The lowest BCUT2D eigenvalue weighted by Gasteiger charge is -2.16. The van der Waals surface area contributed by atoms with Crippen molar-refractivity contribution in [1.82, 2.24) is 10.6 Å². The average Bonchev–Trinajstić information content (AvgIpc) is 2.90. The second kappa shape index (κ2) is 6.22. The number of nitrogens with one attached hydrogen (secondary N) is 2. The second-order valence-corrected chi connectivity index (χ2v) is 5.42. The van der Waals surface area contributed by atoms with E-state index in [2.05, 4.69) is 10.6 Å². The summed E-state index contributed by atoms with van der Waals surface area (Å²) in [6.45, 7) is 2.21. The van der Waals surface area contributed by atoms with E-state index in [9.17, 15) is 9.90 Å². The van der Waals surface area contributed by atoms with Gasteiger partial charge in [-0.05, 0) is 18.1 Å². The highest BCUT2D eigenvalue weighted by Gasteiger charge is 2.22. The molecule has 0 bridgehead atoms. The van der Waals surface area contributed by atoms with Crippen LogP contribution in [-0.2, 0) is 4.79 Å². The van der Waals surface area contributed by atoms with Crippen molar-refractivity contribution in [1.29, 1.82) is 0 Å². The van der Waals surface area contributed by atoms with Crippen molar-refractivity contribution < 1.29 is 9.90 Å². The predicted octanol–water partition coefficient (Wildman–Crippen LogP) is 0.807. The van der Waals surface area contributed by atoms with E-state index in [4.69, 9.17) is 0 Å². The third kappa shape index (κ3) is 3.25. The third-order valence-electron chi connectivity index (χ3n) is 3.05. The summed E-state index contributed by atoms with van der Waals surface area (Å²) in [5.74, 6) is 1.58. The highest BCUT2D eigenvalue weighted by Crippen LogP contribution is 2.16. The second-order valence-electron chi connectivity index (χ2n) is 4.39. The van der Waals surface area contributed by atoms with Gasteiger partial charge in [-0.3, -0.25) is 10.1 Å². The Labute approximate surface area is 111 Å². The molecule has 1 aliphatic heterocycles. The molecule has 1 heterocycles. The van der Waals surface area contributed by atoms with E-state index in [0.29, 0.717) is 0 Å². The van der Waals surface area contributed by atoms with Crippen LogP contribution in [0.25, 0.3) is 0 Å². The maximum absolute atomic E-state index is 11.8. The maximum atomic E-state index is 11.8. The van der Waals surface area contributed by atoms with Crippen LogP contribution in [0.1, 0.15) is 17.2 Å². The zero-order valence-electron chi connectivity index (χ0n) is 10.3. The first-order valence-electron chi connectivity index (χ1n) is 6.01. The number of hydrogen-bond donors (Lipinski definition) is 3. The van der Waals surface area contributed by atoms with Crippen LogP contribution in [0.4, 0.5) is 0 Å². The zero-order valence-corrected chi connectivity index (χ0v) is 11.2. The number of benzene rings is 1. The molecule has 2 atom stereocenters. The fourth-order valence-corrected chi connectivity index (χ4v) is 2.90. The quantitative estimate of drug-likeness (QED) is 0.754. The highest BCUT2D eigenvalue weighted by molar-refractivity contribution is 7.99. The molecule has 0 radical (unpaired) electrons. The molecular weight excluding hydrogens is 248 g/mol. The number of aliphatic hydroxyl groups is 1. The van der Waals surface area contributed by atoms with E-state index in [1.54, 1.807) is 11.8 Å². The van der Waals surface area contributed by atoms with Crippen LogP contribution >= 0.6 is 11.8 Å². The van der Waals surface area contributed by atoms with Crippen molar-refractivity contribution in [2.75, 3.05) is 18.2 Å². The standard InChI is InChI=1S/C13H18N2O2S/c1-9-4-2-3-5-10(9)12(16)6-14-13(17)11-7-18-8-15-11/h2-5,11-12,15-16H,6-8H2,1H3,(H,14,17). The van der Waals surface area contributed by atoms with Crippen molar-refractivity contribution in [3.8, 4) is 0 Å². The Hall–Kier alpha value is -1.04. The molecule has 4 nitrogen and oxygen atoms in total. The van der Waals surface area contributed by atoms with Crippen LogP contribution in [-0.4, -0.2) is 35.2 Å². The molecule has 1 amide bonds. The minimum atomic E-state index is -0.649. The van der Waals surface area contributed by atoms with Crippen LogP contribution in [0.2, 0.25) is 0 Å². The molecule has 1 saturated heterocycles.